The average Bonchev–Trinajstić information content (AvgIpc) is 3.18. The van der Waals surface area contributed by atoms with Gasteiger partial charge in [-0.25, -0.2) is 9.50 Å². The van der Waals surface area contributed by atoms with Gasteiger partial charge in [-0.05, 0) is 18.6 Å². The van der Waals surface area contributed by atoms with E-state index >= 15 is 0 Å². The SMILES string of the molecule is c1n[nH]cc1-c1cnc2ccc([C@@H]3CCOC3)nn12. The van der Waals surface area contributed by atoms with E-state index in [1.165, 1.54) is 0 Å². The van der Waals surface area contributed by atoms with Crippen LogP contribution in [0.5, 0.6) is 0 Å². The largest absolute Gasteiger partial charge is 0.381 e. The Morgan fingerprint density at radius 3 is 3.11 bits per heavy atom. The van der Waals surface area contributed by atoms with Gasteiger partial charge in [-0.1, -0.05) is 0 Å². The summed E-state index contributed by atoms with van der Waals surface area (Å²) in [6.45, 7) is 1.58. The number of hydrogen-bond donors (Lipinski definition) is 1. The Labute approximate surface area is 109 Å². The molecule has 0 spiro atoms. The van der Waals surface area contributed by atoms with Crippen molar-refractivity contribution in [1.82, 2.24) is 24.8 Å². The number of ether oxygens (including phenoxy) is 1. The molecule has 19 heavy (non-hydrogen) atoms. The molecule has 6 heteroatoms. The third-order valence-electron chi connectivity index (χ3n) is 3.52. The van der Waals surface area contributed by atoms with Crippen LogP contribution < -0.4 is 0 Å². The van der Waals surface area contributed by atoms with Gasteiger partial charge in [0, 0.05) is 24.3 Å². The normalized spacial score (nSPS) is 19.3. The summed E-state index contributed by atoms with van der Waals surface area (Å²) in [7, 11) is 0. The summed E-state index contributed by atoms with van der Waals surface area (Å²) >= 11 is 0. The number of fused-ring (bicyclic) bond motifs is 1. The quantitative estimate of drug-likeness (QED) is 0.755. The Morgan fingerprint density at radius 1 is 1.32 bits per heavy atom. The fourth-order valence-electron chi connectivity index (χ4n) is 2.46. The summed E-state index contributed by atoms with van der Waals surface area (Å²) in [5, 5.41) is 11.5. The Bertz CT molecular complexity index is 697. The zero-order chi connectivity index (χ0) is 12.7. The van der Waals surface area contributed by atoms with E-state index in [-0.39, 0.29) is 0 Å². The van der Waals surface area contributed by atoms with Crippen molar-refractivity contribution in [2.24, 2.45) is 0 Å². The summed E-state index contributed by atoms with van der Waals surface area (Å²) < 4.78 is 7.30. The van der Waals surface area contributed by atoms with Gasteiger partial charge in [0.2, 0.25) is 0 Å². The Kier molecular flexibility index (Phi) is 2.34. The van der Waals surface area contributed by atoms with Crippen molar-refractivity contribution in [3.05, 3.63) is 36.4 Å². The van der Waals surface area contributed by atoms with E-state index in [0.717, 1.165) is 42.2 Å². The van der Waals surface area contributed by atoms with E-state index in [1.54, 1.807) is 6.20 Å². The lowest BCUT2D eigenvalue weighted by Crippen LogP contribution is -2.05. The topological polar surface area (TPSA) is 68.1 Å². The minimum absolute atomic E-state index is 0.393. The molecule has 1 saturated heterocycles. The van der Waals surface area contributed by atoms with E-state index in [2.05, 4.69) is 15.2 Å². The van der Waals surface area contributed by atoms with Crippen LogP contribution in [-0.2, 0) is 4.74 Å². The molecule has 1 aliphatic rings. The lowest BCUT2D eigenvalue weighted by molar-refractivity contribution is 0.193. The molecular formula is C13H13N5O. The predicted octanol–water partition coefficient (Wildman–Crippen LogP) is 1.62. The summed E-state index contributed by atoms with van der Waals surface area (Å²) in [5.74, 6) is 0.393. The molecule has 96 valence electrons. The molecule has 1 N–H and O–H groups in total. The van der Waals surface area contributed by atoms with Crippen molar-refractivity contribution < 1.29 is 4.74 Å². The summed E-state index contributed by atoms with van der Waals surface area (Å²) in [4.78, 5) is 4.37. The maximum atomic E-state index is 5.43. The van der Waals surface area contributed by atoms with Crippen LogP contribution in [0.2, 0.25) is 0 Å². The van der Waals surface area contributed by atoms with Crippen LogP contribution in [0.4, 0.5) is 0 Å². The molecule has 3 aromatic heterocycles. The van der Waals surface area contributed by atoms with E-state index in [4.69, 9.17) is 9.84 Å². The number of H-pyrrole nitrogens is 1. The van der Waals surface area contributed by atoms with Crippen LogP contribution in [0.3, 0.4) is 0 Å². The maximum absolute atomic E-state index is 5.43. The fraction of sp³-hybridized carbons (Fsp3) is 0.308. The van der Waals surface area contributed by atoms with Crippen molar-refractivity contribution >= 4 is 5.65 Å². The summed E-state index contributed by atoms with van der Waals surface area (Å²) in [6.07, 6.45) is 6.48. The minimum atomic E-state index is 0.393. The standard InChI is InChI=1S/C13H13N5O/c1-2-13-14-7-12(10-5-15-16-6-10)18(13)17-11(1)9-3-4-19-8-9/h1-2,5-7,9H,3-4,8H2,(H,15,16)/t9-/m1/s1. The highest BCUT2D eigenvalue weighted by Crippen LogP contribution is 2.25. The molecule has 0 unspecified atom stereocenters. The highest BCUT2D eigenvalue weighted by atomic mass is 16.5. The number of hydrogen-bond acceptors (Lipinski definition) is 4. The summed E-state index contributed by atoms with van der Waals surface area (Å²) in [5.41, 5.74) is 3.84. The second-order valence-electron chi connectivity index (χ2n) is 4.72. The molecule has 6 nitrogen and oxygen atoms in total. The van der Waals surface area contributed by atoms with Crippen LogP contribution in [0.15, 0.2) is 30.7 Å². The van der Waals surface area contributed by atoms with E-state index in [9.17, 15) is 0 Å². The van der Waals surface area contributed by atoms with Crippen molar-refractivity contribution in [2.75, 3.05) is 13.2 Å². The second-order valence-corrected chi connectivity index (χ2v) is 4.72. The van der Waals surface area contributed by atoms with Crippen LogP contribution >= 0.6 is 0 Å². The molecule has 1 atom stereocenters. The van der Waals surface area contributed by atoms with Gasteiger partial charge in [-0.15, -0.1) is 0 Å². The molecule has 1 fully saturated rings. The molecule has 0 aliphatic carbocycles. The van der Waals surface area contributed by atoms with Gasteiger partial charge in [0.1, 0.15) is 0 Å². The van der Waals surface area contributed by atoms with Gasteiger partial charge < -0.3 is 4.74 Å². The minimum Gasteiger partial charge on any atom is -0.381 e. The molecular weight excluding hydrogens is 242 g/mol. The molecule has 0 saturated carbocycles. The lowest BCUT2D eigenvalue weighted by Gasteiger charge is -2.07. The second kappa shape index (κ2) is 4.17. The van der Waals surface area contributed by atoms with Gasteiger partial charge in [0.25, 0.3) is 0 Å². The fourth-order valence-corrected chi connectivity index (χ4v) is 2.46. The van der Waals surface area contributed by atoms with Crippen LogP contribution in [-0.4, -0.2) is 38.0 Å². The Hall–Kier alpha value is -2.21. The zero-order valence-corrected chi connectivity index (χ0v) is 10.3. The zero-order valence-electron chi connectivity index (χ0n) is 10.3. The van der Waals surface area contributed by atoms with Crippen molar-refractivity contribution in [3.8, 4) is 11.3 Å². The molecule has 1 aliphatic heterocycles. The lowest BCUT2D eigenvalue weighted by atomic mass is 10.1. The third-order valence-corrected chi connectivity index (χ3v) is 3.52. The van der Waals surface area contributed by atoms with Crippen molar-refractivity contribution in [2.45, 2.75) is 12.3 Å². The van der Waals surface area contributed by atoms with E-state index in [0.29, 0.717) is 5.92 Å². The average molecular weight is 255 g/mol. The number of aromatic nitrogens is 5. The van der Waals surface area contributed by atoms with Gasteiger partial charge in [-0.2, -0.15) is 10.2 Å². The van der Waals surface area contributed by atoms with Crippen molar-refractivity contribution in [1.29, 1.82) is 0 Å². The van der Waals surface area contributed by atoms with E-state index in [1.807, 2.05) is 29.0 Å². The third kappa shape index (κ3) is 1.72. The highest BCUT2D eigenvalue weighted by Gasteiger charge is 2.20. The van der Waals surface area contributed by atoms with E-state index < -0.39 is 0 Å². The molecule has 0 radical (unpaired) electrons. The molecule has 4 rings (SSSR count). The van der Waals surface area contributed by atoms with Gasteiger partial charge in [-0.3, -0.25) is 5.10 Å². The molecule has 0 aromatic carbocycles. The molecule has 0 amide bonds. The first-order valence-electron chi connectivity index (χ1n) is 6.33. The van der Waals surface area contributed by atoms with Gasteiger partial charge in [0.15, 0.2) is 5.65 Å². The first-order chi connectivity index (χ1) is 9.42. The number of rotatable bonds is 2. The molecule has 3 aromatic rings. The smallest absolute Gasteiger partial charge is 0.154 e. The molecule has 4 heterocycles. The number of nitrogens with one attached hydrogen (secondary N) is 1. The monoisotopic (exact) mass is 255 g/mol. The number of imidazole rings is 1. The predicted molar refractivity (Wildman–Crippen MR) is 68.7 cm³/mol. The Morgan fingerprint density at radius 2 is 2.32 bits per heavy atom. The molecule has 0 bridgehead atoms. The van der Waals surface area contributed by atoms with Gasteiger partial charge >= 0.3 is 0 Å². The first kappa shape index (κ1) is 10.7. The van der Waals surface area contributed by atoms with Crippen molar-refractivity contribution in [3.63, 3.8) is 0 Å². The van der Waals surface area contributed by atoms with Gasteiger partial charge in [0.05, 0.1) is 30.4 Å². The van der Waals surface area contributed by atoms with Crippen LogP contribution in [0.25, 0.3) is 16.9 Å². The first-order valence-corrected chi connectivity index (χ1v) is 6.33. The van der Waals surface area contributed by atoms with Crippen LogP contribution in [0.1, 0.15) is 18.0 Å². The highest BCUT2D eigenvalue weighted by molar-refractivity contribution is 5.61. The summed E-state index contributed by atoms with van der Waals surface area (Å²) in [6, 6.07) is 4.05. The van der Waals surface area contributed by atoms with Crippen LogP contribution in [0, 0.1) is 0 Å². The Balaban J connectivity index is 1.84. The number of aromatic amines is 1. The maximum Gasteiger partial charge on any atom is 0.154 e. The number of nitrogens with zero attached hydrogens (tertiary/aromatic N) is 4.